The molecule has 0 bridgehead atoms. The number of carbonyl (C=O) groups excluding carboxylic acids is 1. The van der Waals surface area contributed by atoms with Crippen LogP contribution in [0.15, 0.2) is 0 Å². The van der Waals surface area contributed by atoms with Crippen LogP contribution in [0, 0.1) is 5.92 Å². The predicted octanol–water partition coefficient (Wildman–Crippen LogP) is 1.61. The maximum absolute atomic E-state index is 12.1. The van der Waals surface area contributed by atoms with Crippen LogP contribution in [-0.2, 0) is 4.79 Å². The predicted molar refractivity (Wildman–Crippen MR) is 80.2 cm³/mol. The highest BCUT2D eigenvalue weighted by molar-refractivity contribution is 5.81. The molecule has 1 saturated heterocycles. The molecule has 1 heterocycles. The molecule has 2 unspecified atom stereocenters. The first-order valence-electron chi connectivity index (χ1n) is 7.91. The van der Waals surface area contributed by atoms with Crippen molar-refractivity contribution in [3.63, 3.8) is 0 Å². The molecule has 1 rings (SSSR count). The molecule has 0 aliphatic carbocycles. The molecule has 0 aromatic carbocycles. The number of amides is 1. The van der Waals surface area contributed by atoms with Crippen LogP contribution < -0.4 is 10.6 Å². The standard InChI is InChI=1S/C15H31N3O/c1-4-6-10-17-15(19)13(3)18(5-2)12-14-8-7-9-16-11-14/h13-14,16H,4-12H2,1-3H3,(H,17,19). The third-order valence-corrected chi connectivity index (χ3v) is 4.05. The van der Waals surface area contributed by atoms with Crippen LogP contribution in [0.25, 0.3) is 0 Å². The quantitative estimate of drug-likeness (QED) is 0.658. The summed E-state index contributed by atoms with van der Waals surface area (Å²) in [6, 6.07) is -0.0104. The van der Waals surface area contributed by atoms with E-state index in [1.165, 1.54) is 12.8 Å². The van der Waals surface area contributed by atoms with Gasteiger partial charge in [0.2, 0.25) is 5.91 Å². The van der Waals surface area contributed by atoms with Gasteiger partial charge in [0.15, 0.2) is 0 Å². The largest absolute Gasteiger partial charge is 0.355 e. The second-order valence-electron chi connectivity index (χ2n) is 5.62. The molecule has 112 valence electrons. The van der Waals surface area contributed by atoms with E-state index >= 15 is 0 Å². The van der Waals surface area contributed by atoms with Crippen LogP contribution in [0.3, 0.4) is 0 Å². The van der Waals surface area contributed by atoms with Gasteiger partial charge >= 0.3 is 0 Å². The zero-order valence-electron chi connectivity index (χ0n) is 12.9. The van der Waals surface area contributed by atoms with Crippen molar-refractivity contribution in [2.24, 2.45) is 5.92 Å². The average Bonchev–Trinajstić information content (AvgIpc) is 2.45. The lowest BCUT2D eigenvalue weighted by Crippen LogP contribution is -2.48. The van der Waals surface area contributed by atoms with Crippen molar-refractivity contribution in [2.75, 3.05) is 32.7 Å². The molecular weight excluding hydrogens is 238 g/mol. The highest BCUT2D eigenvalue weighted by atomic mass is 16.2. The zero-order valence-corrected chi connectivity index (χ0v) is 12.9. The van der Waals surface area contributed by atoms with E-state index in [1.54, 1.807) is 0 Å². The van der Waals surface area contributed by atoms with Gasteiger partial charge in [-0.3, -0.25) is 9.69 Å². The Bertz CT molecular complexity index is 252. The summed E-state index contributed by atoms with van der Waals surface area (Å²) in [4.78, 5) is 14.4. The summed E-state index contributed by atoms with van der Waals surface area (Å²) >= 11 is 0. The Kier molecular flexibility index (Phi) is 8.07. The normalized spacial score (nSPS) is 21.4. The third kappa shape index (κ3) is 5.91. The number of hydrogen-bond donors (Lipinski definition) is 2. The Hall–Kier alpha value is -0.610. The van der Waals surface area contributed by atoms with Crippen LogP contribution in [-0.4, -0.2) is 49.6 Å². The van der Waals surface area contributed by atoms with E-state index < -0.39 is 0 Å². The lowest BCUT2D eigenvalue weighted by atomic mass is 9.98. The molecule has 1 amide bonds. The van der Waals surface area contributed by atoms with E-state index in [-0.39, 0.29) is 11.9 Å². The smallest absolute Gasteiger partial charge is 0.237 e. The lowest BCUT2D eigenvalue weighted by molar-refractivity contribution is -0.126. The monoisotopic (exact) mass is 269 g/mol. The van der Waals surface area contributed by atoms with E-state index in [0.29, 0.717) is 5.92 Å². The molecule has 19 heavy (non-hydrogen) atoms. The molecule has 0 aromatic heterocycles. The molecule has 4 heteroatoms. The number of piperidine rings is 1. The molecule has 0 spiro atoms. The fraction of sp³-hybridized carbons (Fsp3) is 0.933. The summed E-state index contributed by atoms with van der Waals surface area (Å²) in [6.07, 6.45) is 4.74. The second-order valence-corrected chi connectivity index (χ2v) is 5.62. The van der Waals surface area contributed by atoms with Crippen LogP contribution in [0.4, 0.5) is 0 Å². The zero-order chi connectivity index (χ0) is 14.1. The van der Waals surface area contributed by atoms with Gasteiger partial charge in [0.05, 0.1) is 6.04 Å². The SMILES string of the molecule is CCCCNC(=O)C(C)N(CC)CC1CCCNC1. The van der Waals surface area contributed by atoms with Crippen molar-refractivity contribution in [2.45, 2.75) is 52.5 Å². The number of carbonyl (C=O) groups is 1. The molecule has 1 aliphatic heterocycles. The summed E-state index contributed by atoms with van der Waals surface area (Å²) in [5, 5.41) is 6.49. The van der Waals surface area contributed by atoms with Gasteiger partial charge < -0.3 is 10.6 Å². The average molecular weight is 269 g/mol. The van der Waals surface area contributed by atoms with Gasteiger partial charge in [-0.05, 0) is 51.7 Å². The Morgan fingerprint density at radius 1 is 1.47 bits per heavy atom. The molecule has 2 atom stereocenters. The maximum atomic E-state index is 12.1. The lowest BCUT2D eigenvalue weighted by Gasteiger charge is -2.32. The first-order valence-corrected chi connectivity index (χ1v) is 7.91. The minimum absolute atomic E-state index is 0.0104. The van der Waals surface area contributed by atoms with Crippen molar-refractivity contribution < 1.29 is 4.79 Å². The first kappa shape index (κ1) is 16.4. The number of likely N-dealkylation sites (N-methyl/N-ethyl adjacent to an activating group) is 1. The third-order valence-electron chi connectivity index (χ3n) is 4.05. The molecular formula is C15H31N3O. The van der Waals surface area contributed by atoms with Gasteiger partial charge in [-0.1, -0.05) is 20.3 Å². The van der Waals surface area contributed by atoms with Gasteiger partial charge in [0, 0.05) is 13.1 Å². The number of hydrogen-bond acceptors (Lipinski definition) is 3. The Morgan fingerprint density at radius 3 is 2.84 bits per heavy atom. The molecule has 1 aliphatic rings. The maximum Gasteiger partial charge on any atom is 0.237 e. The fourth-order valence-corrected chi connectivity index (χ4v) is 2.67. The van der Waals surface area contributed by atoms with Crippen LogP contribution in [0.5, 0.6) is 0 Å². The highest BCUT2D eigenvalue weighted by Crippen LogP contribution is 2.13. The number of nitrogens with one attached hydrogen (secondary N) is 2. The summed E-state index contributed by atoms with van der Waals surface area (Å²) in [6.45, 7) is 11.3. The van der Waals surface area contributed by atoms with Crippen LogP contribution in [0.1, 0.15) is 46.5 Å². The minimum atomic E-state index is -0.0104. The summed E-state index contributed by atoms with van der Waals surface area (Å²) in [5.74, 6) is 0.874. The van der Waals surface area contributed by atoms with Crippen LogP contribution >= 0.6 is 0 Å². The van der Waals surface area contributed by atoms with E-state index in [2.05, 4.69) is 29.4 Å². The summed E-state index contributed by atoms with van der Waals surface area (Å²) in [5.41, 5.74) is 0. The minimum Gasteiger partial charge on any atom is -0.355 e. The van der Waals surface area contributed by atoms with Crippen molar-refractivity contribution >= 4 is 5.91 Å². The van der Waals surface area contributed by atoms with Gasteiger partial charge in [0.25, 0.3) is 0 Å². The second kappa shape index (κ2) is 9.32. The number of nitrogens with zero attached hydrogens (tertiary/aromatic N) is 1. The first-order chi connectivity index (χ1) is 9.19. The van der Waals surface area contributed by atoms with Crippen molar-refractivity contribution in [3.05, 3.63) is 0 Å². The topological polar surface area (TPSA) is 44.4 Å². The van der Waals surface area contributed by atoms with Gasteiger partial charge in [-0.2, -0.15) is 0 Å². The van der Waals surface area contributed by atoms with E-state index in [1.807, 2.05) is 6.92 Å². The number of unbranched alkanes of at least 4 members (excludes halogenated alkanes) is 1. The fourth-order valence-electron chi connectivity index (χ4n) is 2.67. The number of rotatable bonds is 8. The van der Waals surface area contributed by atoms with Crippen molar-refractivity contribution in [3.8, 4) is 0 Å². The molecule has 4 nitrogen and oxygen atoms in total. The van der Waals surface area contributed by atoms with E-state index in [0.717, 1.165) is 45.6 Å². The van der Waals surface area contributed by atoms with Gasteiger partial charge in [-0.15, -0.1) is 0 Å². The summed E-state index contributed by atoms with van der Waals surface area (Å²) in [7, 11) is 0. The highest BCUT2D eigenvalue weighted by Gasteiger charge is 2.23. The Labute approximate surface area is 118 Å². The molecule has 1 fully saturated rings. The molecule has 0 radical (unpaired) electrons. The Morgan fingerprint density at radius 2 is 2.26 bits per heavy atom. The van der Waals surface area contributed by atoms with Crippen molar-refractivity contribution in [1.29, 1.82) is 0 Å². The van der Waals surface area contributed by atoms with Crippen molar-refractivity contribution in [1.82, 2.24) is 15.5 Å². The summed E-state index contributed by atoms with van der Waals surface area (Å²) < 4.78 is 0. The molecule has 2 N–H and O–H groups in total. The van der Waals surface area contributed by atoms with Crippen LogP contribution in [0.2, 0.25) is 0 Å². The molecule has 0 aromatic rings. The van der Waals surface area contributed by atoms with Gasteiger partial charge in [-0.25, -0.2) is 0 Å². The molecule has 0 saturated carbocycles. The Balaban J connectivity index is 2.36. The van der Waals surface area contributed by atoms with Gasteiger partial charge in [0.1, 0.15) is 0 Å². The van der Waals surface area contributed by atoms with E-state index in [4.69, 9.17) is 0 Å². The van der Waals surface area contributed by atoms with E-state index in [9.17, 15) is 4.79 Å².